The Morgan fingerprint density at radius 3 is 2.32 bits per heavy atom. The van der Waals surface area contributed by atoms with E-state index < -0.39 is 6.04 Å². The van der Waals surface area contributed by atoms with Crippen molar-refractivity contribution in [2.75, 3.05) is 20.1 Å². The van der Waals surface area contributed by atoms with Gasteiger partial charge in [-0.05, 0) is 18.5 Å². The number of carbonyl (C=O) groups is 2. The fourth-order valence-electron chi connectivity index (χ4n) is 1.93. The van der Waals surface area contributed by atoms with Crippen molar-refractivity contribution in [3.05, 3.63) is 35.9 Å². The maximum absolute atomic E-state index is 12.1. The van der Waals surface area contributed by atoms with Crippen LogP contribution in [0.25, 0.3) is 0 Å². The normalized spacial score (nSPS) is 11.8. The Kier molecular flexibility index (Phi) is 7.99. The Morgan fingerprint density at radius 1 is 1.05 bits per heavy atom. The largest absolute Gasteiger partial charge is 0.353 e. The second-order valence-corrected chi connectivity index (χ2v) is 5.43. The van der Waals surface area contributed by atoms with E-state index in [9.17, 15) is 9.59 Å². The first-order valence-electron chi connectivity index (χ1n) is 7.55. The zero-order chi connectivity index (χ0) is 16.4. The van der Waals surface area contributed by atoms with E-state index in [4.69, 9.17) is 0 Å². The Morgan fingerprint density at radius 2 is 1.73 bits per heavy atom. The quantitative estimate of drug-likeness (QED) is 0.537. The van der Waals surface area contributed by atoms with Gasteiger partial charge >= 0.3 is 6.03 Å². The summed E-state index contributed by atoms with van der Waals surface area (Å²) in [4.78, 5) is 24.0. The van der Waals surface area contributed by atoms with Gasteiger partial charge in [0.15, 0.2) is 0 Å². The molecule has 0 saturated heterocycles. The minimum Gasteiger partial charge on any atom is -0.353 e. The molecule has 4 N–H and O–H groups in total. The first-order valence-corrected chi connectivity index (χ1v) is 7.55. The van der Waals surface area contributed by atoms with Gasteiger partial charge in [0.25, 0.3) is 0 Å². The third-order valence-electron chi connectivity index (χ3n) is 3.21. The highest BCUT2D eigenvalue weighted by molar-refractivity contribution is 5.87. The summed E-state index contributed by atoms with van der Waals surface area (Å²) in [5.41, 5.74) is 1.01. The number of carbonyl (C=O) groups excluding carboxylic acids is 2. The molecule has 0 aliphatic carbocycles. The van der Waals surface area contributed by atoms with Gasteiger partial charge in [-0.15, -0.1) is 0 Å². The highest BCUT2D eigenvalue weighted by Gasteiger charge is 2.23. The van der Waals surface area contributed by atoms with Crippen molar-refractivity contribution < 1.29 is 9.59 Å². The molecule has 3 amide bonds. The van der Waals surface area contributed by atoms with Crippen molar-refractivity contribution >= 4 is 11.9 Å². The number of nitrogens with one attached hydrogen (secondary N) is 4. The Labute approximate surface area is 132 Å². The van der Waals surface area contributed by atoms with Gasteiger partial charge in [0.05, 0.1) is 0 Å². The fourth-order valence-corrected chi connectivity index (χ4v) is 1.93. The summed E-state index contributed by atoms with van der Waals surface area (Å²) in [6, 6.07) is 8.74. The molecule has 0 aromatic heterocycles. The monoisotopic (exact) mass is 306 g/mol. The highest BCUT2D eigenvalue weighted by Crippen LogP contribution is 2.02. The third kappa shape index (κ3) is 6.58. The number of hydrogen-bond donors (Lipinski definition) is 4. The summed E-state index contributed by atoms with van der Waals surface area (Å²) in [5.74, 6) is -0.155. The van der Waals surface area contributed by atoms with Crippen molar-refractivity contribution in [1.82, 2.24) is 21.3 Å². The molecule has 0 bridgehead atoms. The second-order valence-electron chi connectivity index (χ2n) is 5.43. The van der Waals surface area contributed by atoms with E-state index in [-0.39, 0.29) is 17.9 Å². The Hall–Kier alpha value is -2.08. The van der Waals surface area contributed by atoms with Crippen molar-refractivity contribution in [2.45, 2.75) is 26.4 Å². The maximum Gasteiger partial charge on any atom is 0.315 e. The van der Waals surface area contributed by atoms with Crippen LogP contribution in [0.15, 0.2) is 30.3 Å². The van der Waals surface area contributed by atoms with Crippen LogP contribution in [0, 0.1) is 5.92 Å². The molecular formula is C16H26N4O2. The lowest BCUT2D eigenvalue weighted by Crippen LogP contribution is -2.53. The molecule has 1 aromatic carbocycles. The van der Waals surface area contributed by atoms with Crippen LogP contribution in [-0.4, -0.2) is 38.1 Å². The molecule has 0 heterocycles. The Balaban J connectivity index is 2.44. The van der Waals surface area contributed by atoms with Gasteiger partial charge in [0.1, 0.15) is 6.04 Å². The van der Waals surface area contributed by atoms with Crippen molar-refractivity contribution in [3.63, 3.8) is 0 Å². The summed E-state index contributed by atoms with van der Waals surface area (Å²) < 4.78 is 0. The van der Waals surface area contributed by atoms with Crippen LogP contribution in [0.4, 0.5) is 4.79 Å². The van der Waals surface area contributed by atoms with Gasteiger partial charge in [-0.2, -0.15) is 0 Å². The smallest absolute Gasteiger partial charge is 0.315 e. The summed E-state index contributed by atoms with van der Waals surface area (Å²) in [6.07, 6.45) is 0. The predicted octanol–water partition coefficient (Wildman–Crippen LogP) is 0.846. The standard InChI is InChI=1S/C16H26N4O2/c1-12(2)14(15(21)18-10-9-17-3)20-16(22)19-11-13-7-5-4-6-8-13/h4-8,12,14,17H,9-11H2,1-3H3,(H,18,21)(H2,19,20,22). The summed E-state index contributed by atoms with van der Waals surface area (Å²) in [7, 11) is 1.82. The molecule has 0 radical (unpaired) electrons. The molecule has 6 nitrogen and oxygen atoms in total. The van der Waals surface area contributed by atoms with E-state index in [0.717, 1.165) is 5.56 Å². The summed E-state index contributed by atoms with van der Waals surface area (Å²) in [6.45, 7) is 5.46. The predicted molar refractivity (Wildman–Crippen MR) is 87.4 cm³/mol. The average Bonchev–Trinajstić information content (AvgIpc) is 2.51. The van der Waals surface area contributed by atoms with Crippen LogP contribution >= 0.6 is 0 Å². The van der Waals surface area contributed by atoms with Gasteiger partial charge in [0, 0.05) is 19.6 Å². The SMILES string of the molecule is CNCCNC(=O)C(NC(=O)NCc1ccccc1)C(C)C. The molecule has 0 aliphatic heterocycles. The highest BCUT2D eigenvalue weighted by atomic mass is 16.2. The van der Waals surface area contributed by atoms with E-state index in [2.05, 4.69) is 21.3 Å². The number of urea groups is 1. The minimum absolute atomic E-state index is 0.0112. The van der Waals surface area contributed by atoms with E-state index in [1.165, 1.54) is 0 Å². The molecule has 1 rings (SSSR count). The summed E-state index contributed by atoms with van der Waals surface area (Å²) >= 11 is 0. The number of benzene rings is 1. The van der Waals surface area contributed by atoms with Crippen LogP contribution < -0.4 is 21.3 Å². The van der Waals surface area contributed by atoms with E-state index in [0.29, 0.717) is 19.6 Å². The number of amides is 3. The first-order chi connectivity index (χ1) is 10.5. The minimum atomic E-state index is -0.548. The lowest BCUT2D eigenvalue weighted by Gasteiger charge is -2.22. The average molecular weight is 306 g/mol. The molecule has 22 heavy (non-hydrogen) atoms. The van der Waals surface area contributed by atoms with E-state index in [1.807, 2.05) is 51.2 Å². The molecule has 0 spiro atoms. The third-order valence-corrected chi connectivity index (χ3v) is 3.21. The zero-order valence-corrected chi connectivity index (χ0v) is 13.5. The van der Waals surface area contributed by atoms with Gasteiger partial charge in [-0.25, -0.2) is 4.79 Å². The maximum atomic E-state index is 12.1. The molecule has 0 saturated carbocycles. The van der Waals surface area contributed by atoms with Crippen LogP contribution in [0.2, 0.25) is 0 Å². The van der Waals surface area contributed by atoms with E-state index >= 15 is 0 Å². The summed E-state index contributed by atoms with van der Waals surface area (Å²) in [5, 5.41) is 11.3. The number of rotatable bonds is 8. The van der Waals surface area contributed by atoms with Crippen LogP contribution in [0.1, 0.15) is 19.4 Å². The van der Waals surface area contributed by atoms with Crippen molar-refractivity contribution in [1.29, 1.82) is 0 Å². The van der Waals surface area contributed by atoms with Gasteiger partial charge < -0.3 is 21.3 Å². The van der Waals surface area contributed by atoms with Gasteiger partial charge in [-0.1, -0.05) is 44.2 Å². The topological polar surface area (TPSA) is 82.3 Å². The lowest BCUT2D eigenvalue weighted by atomic mass is 10.0. The number of hydrogen-bond acceptors (Lipinski definition) is 3. The van der Waals surface area contributed by atoms with Crippen LogP contribution in [-0.2, 0) is 11.3 Å². The van der Waals surface area contributed by atoms with Crippen LogP contribution in [0.5, 0.6) is 0 Å². The first kappa shape index (κ1) is 18.0. The zero-order valence-electron chi connectivity index (χ0n) is 13.5. The lowest BCUT2D eigenvalue weighted by molar-refractivity contribution is -0.123. The molecule has 122 valence electrons. The molecule has 1 atom stereocenters. The van der Waals surface area contributed by atoms with Gasteiger partial charge in [0.2, 0.25) is 5.91 Å². The Bertz CT molecular complexity index is 462. The molecule has 1 unspecified atom stereocenters. The second kappa shape index (κ2) is 9.78. The van der Waals surface area contributed by atoms with Crippen molar-refractivity contribution in [2.24, 2.45) is 5.92 Å². The molecule has 6 heteroatoms. The molecule has 0 aliphatic rings. The molecular weight excluding hydrogens is 280 g/mol. The van der Waals surface area contributed by atoms with Crippen LogP contribution in [0.3, 0.4) is 0 Å². The number of likely N-dealkylation sites (N-methyl/N-ethyl adjacent to an activating group) is 1. The van der Waals surface area contributed by atoms with Crippen molar-refractivity contribution in [3.8, 4) is 0 Å². The molecule has 1 aromatic rings. The molecule has 0 fully saturated rings. The fraction of sp³-hybridized carbons (Fsp3) is 0.500. The van der Waals surface area contributed by atoms with E-state index in [1.54, 1.807) is 0 Å². The van der Waals surface area contributed by atoms with Gasteiger partial charge in [-0.3, -0.25) is 4.79 Å².